The number of hydrogen-bond donors (Lipinski definition) is 0. The standard InChI is InChI=1S/C12H20O6/c1-4-5-6-12(15)17-8-11(18-10(3)14)7-16-9(2)13/h11H,4-8H2,1-3H3. The van der Waals surface area contributed by atoms with Crippen LogP contribution in [0.15, 0.2) is 0 Å². The zero-order chi connectivity index (χ0) is 14.0. The van der Waals surface area contributed by atoms with E-state index >= 15 is 0 Å². The normalized spacial score (nSPS) is 11.5. The average molecular weight is 260 g/mol. The van der Waals surface area contributed by atoms with Crippen molar-refractivity contribution in [1.29, 1.82) is 0 Å². The highest BCUT2D eigenvalue weighted by Crippen LogP contribution is 2.01. The number of carbonyl (C=O) groups is 3. The predicted octanol–water partition coefficient (Wildman–Crippen LogP) is 1.21. The summed E-state index contributed by atoms with van der Waals surface area (Å²) in [6.45, 7) is 4.23. The van der Waals surface area contributed by atoms with E-state index in [0.29, 0.717) is 6.42 Å². The first-order valence-corrected chi connectivity index (χ1v) is 5.91. The van der Waals surface area contributed by atoms with Gasteiger partial charge in [0.15, 0.2) is 6.10 Å². The Kier molecular flexibility index (Phi) is 8.61. The first-order valence-electron chi connectivity index (χ1n) is 5.91. The summed E-state index contributed by atoms with van der Waals surface area (Å²) in [6.07, 6.45) is 1.23. The van der Waals surface area contributed by atoms with Crippen molar-refractivity contribution in [3.8, 4) is 0 Å². The minimum absolute atomic E-state index is 0.102. The quantitative estimate of drug-likeness (QED) is 0.482. The summed E-state index contributed by atoms with van der Waals surface area (Å²) in [4.78, 5) is 32.7. The van der Waals surface area contributed by atoms with Gasteiger partial charge < -0.3 is 14.2 Å². The van der Waals surface area contributed by atoms with Crippen molar-refractivity contribution in [2.45, 2.75) is 46.1 Å². The SMILES string of the molecule is CCCCC(=O)OCC(COC(C)=O)OC(C)=O. The van der Waals surface area contributed by atoms with Crippen LogP contribution >= 0.6 is 0 Å². The van der Waals surface area contributed by atoms with Crippen LogP contribution in [0.2, 0.25) is 0 Å². The van der Waals surface area contributed by atoms with E-state index in [1.165, 1.54) is 13.8 Å². The highest BCUT2D eigenvalue weighted by molar-refractivity contribution is 5.69. The third-order valence-corrected chi connectivity index (χ3v) is 1.97. The molecule has 0 rings (SSSR count). The smallest absolute Gasteiger partial charge is 0.305 e. The average Bonchev–Trinajstić information content (AvgIpc) is 2.29. The second-order valence-corrected chi connectivity index (χ2v) is 3.82. The van der Waals surface area contributed by atoms with Gasteiger partial charge in [-0.15, -0.1) is 0 Å². The third kappa shape index (κ3) is 9.62. The van der Waals surface area contributed by atoms with Crippen molar-refractivity contribution in [2.24, 2.45) is 0 Å². The molecule has 0 aromatic rings. The van der Waals surface area contributed by atoms with Crippen LogP contribution in [-0.4, -0.2) is 37.2 Å². The maximum absolute atomic E-state index is 11.3. The summed E-state index contributed by atoms with van der Waals surface area (Å²) in [7, 11) is 0. The number of ether oxygens (including phenoxy) is 3. The molecule has 1 unspecified atom stereocenters. The molecule has 1 atom stereocenters. The number of hydrogen-bond acceptors (Lipinski definition) is 6. The van der Waals surface area contributed by atoms with Gasteiger partial charge in [0, 0.05) is 20.3 Å². The van der Waals surface area contributed by atoms with Gasteiger partial charge in [0.25, 0.3) is 0 Å². The molecule has 0 radical (unpaired) electrons. The Balaban J connectivity index is 4.02. The zero-order valence-corrected chi connectivity index (χ0v) is 11.1. The van der Waals surface area contributed by atoms with Gasteiger partial charge in [-0.3, -0.25) is 14.4 Å². The summed E-state index contributed by atoms with van der Waals surface area (Å²) in [5.74, 6) is -1.35. The molecule has 0 N–H and O–H groups in total. The first-order chi connectivity index (χ1) is 8.45. The Morgan fingerprint density at radius 1 is 1.00 bits per heavy atom. The first kappa shape index (κ1) is 16.4. The Bertz CT molecular complexity index is 286. The molecule has 0 amide bonds. The molecule has 0 saturated heterocycles. The lowest BCUT2D eigenvalue weighted by Crippen LogP contribution is -2.29. The number of esters is 3. The molecular formula is C12H20O6. The zero-order valence-electron chi connectivity index (χ0n) is 11.1. The summed E-state index contributed by atoms with van der Waals surface area (Å²) in [5, 5.41) is 0. The van der Waals surface area contributed by atoms with Crippen LogP contribution in [0.25, 0.3) is 0 Å². The third-order valence-electron chi connectivity index (χ3n) is 1.97. The minimum Gasteiger partial charge on any atom is -0.462 e. The Morgan fingerprint density at radius 2 is 1.61 bits per heavy atom. The fourth-order valence-electron chi connectivity index (χ4n) is 1.14. The van der Waals surface area contributed by atoms with Gasteiger partial charge >= 0.3 is 17.9 Å². The van der Waals surface area contributed by atoms with Crippen LogP contribution in [-0.2, 0) is 28.6 Å². The number of unbranched alkanes of at least 4 members (excludes halogenated alkanes) is 1. The van der Waals surface area contributed by atoms with Crippen LogP contribution in [0, 0.1) is 0 Å². The van der Waals surface area contributed by atoms with Gasteiger partial charge in [0.2, 0.25) is 0 Å². The second kappa shape index (κ2) is 9.44. The lowest BCUT2D eigenvalue weighted by molar-refractivity contribution is -0.164. The van der Waals surface area contributed by atoms with Crippen molar-refractivity contribution < 1.29 is 28.6 Å². The molecule has 6 nitrogen and oxygen atoms in total. The molecule has 0 heterocycles. The Labute approximate surface area is 107 Å². The van der Waals surface area contributed by atoms with Crippen molar-refractivity contribution >= 4 is 17.9 Å². The topological polar surface area (TPSA) is 78.9 Å². The Hall–Kier alpha value is -1.59. The predicted molar refractivity (Wildman–Crippen MR) is 62.7 cm³/mol. The van der Waals surface area contributed by atoms with Crippen molar-refractivity contribution in [2.75, 3.05) is 13.2 Å². The van der Waals surface area contributed by atoms with Crippen LogP contribution in [0.1, 0.15) is 40.0 Å². The number of carbonyl (C=O) groups excluding carboxylic acids is 3. The van der Waals surface area contributed by atoms with E-state index in [1.54, 1.807) is 0 Å². The monoisotopic (exact) mass is 260 g/mol. The minimum atomic E-state index is -0.753. The molecule has 0 aliphatic heterocycles. The molecule has 0 aliphatic carbocycles. The van der Waals surface area contributed by atoms with Crippen LogP contribution in [0.4, 0.5) is 0 Å². The van der Waals surface area contributed by atoms with Crippen LogP contribution in [0.5, 0.6) is 0 Å². The summed E-state index contributed by atoms with van der Waals surface area (Å²) in [5.41, 5.74) is 0. The van der Waals surface area contributed by atoms with Crippen molar-refractivity contribution in [3.05, 3.63) is 0 Å². The summed E-state index contributed by atoms with van der Waals surface area (Å²) >= 11 is 0. The molecule has 0 fully saturated rings. The van der Waals surface area contributed by atoms with E-state index in [9.17, 15) is 14.4 Å². The Morgan fingerprint density at radius 3 is 2.11 bits per heavy atom. The van der Waals surface area contributed by atoms with Crippen LogP contribution < -0.4 is 0 Å². The van der Waals surface area contributed by atoms with Gasteiger partial charge in [0.05, 0.1) is 0 Å². The van der Waals surface area contributed by atoms with E-state index in [0.717, 1.165) is 12.8 Å². The van der Waals surface area contributed by atoms with E-state index in [1.807, 2.05) is 6.92 Å². The molecule has 18 heavy (non-hydrogen) atoms. The maximum atomic E-state index is 11.3. The van der Waals surface area contributed by atoms with E-state index < -0.39 is 18.0 Å². The fourth-order valence-corrected chi connectivity index (χ4v) is 1.14. The van der Waals surface area contributed by atoms with E-state index in [4.69, 9.17) is 14.2 Å². The van der Waals surface area contributed by atoms with Gasteiger partial charge in [-0.25, -0.2) is 0 Å². The summed E-state index contributed by atoms with van der Waals surface area (Å²) < 4.78 is 14.5. The highest BCUT2D eigenvalue weighted by Gasteiger charge is 2.16. The number of rotatable bonds is 8. The molecule has 0 aliphatic rings. The van der Waals surface area contributed by atoms with Gasteiger partial charge in [-0.05, 0) is 6.42 Å². The highest BCUT2D eigenvalue weighted by atomic mass is 16.6. The van der Waals surface area contributed by atoms with Gasteiger partial charge in [-0.1, -0.05) is 13.3 Å². The van der Waals surface area contributed by atoms with E-state index in [-0.39, 0.29) is 19.2 Å². The molecule has 0 aromatic heterocycles. The molecule has 6 heteroatoms. The lowest BCUT2D eigenvalue weighted by Gasteiger charge is -2.16. The van der Waals surface area contributed by atoms with Gasteiger partial charge in [0.1, 0.15) is 13.2 Å². The van der Waals surface area contributed by atoms with Crippen LogP contribution in [0.3, 0.4) is 0 Å². The maximum Gasteiger partial charge on any atom is 0.305 e. The van der Waals surface area contributed by atoms with E-state index in [2.05, 4.69) is 0 Å². The molecule has 0 aromatic carbocycles. The molecule has 0 spiro atoms. The van der Waals surface area contributed by atoms with Crippen molar-refractivity contribution in [3.63, 3.8) is 0 Å². The molecule has 104 valence electrons. The summed E-state index contributed by atoms with van der Waals surface area (Å²) in [6, 6.07) is 0. The molecular weight excluding hydrogens is 240 g/mol. The van der Waals surface area contributed by atoms with Crippen molar-refractivity contribution in [1.82, 2.24) is 0 Å². The largest absolute Gasteiger partial charge is 0.462 e. The fraction of sp³-hybridized carbons (Fsp3) is 0.750. The molecule has 0 bridgehead atoms. The lowest BCUT2D eigenvalue weighted by atomic mass is 10.2. The second-order valence-electron chi connectivity index (χ2n) is 3.82. The van der Waals surface area contributed by atoms with Gasteiger partial charge in [-0.2, -0.15) is 0 Å². The molecule has 0 saturated carbocycles.